The molecule has 94 valence electrons. The van der Waals surface area contributed by atoms with Gasteiger partial charge in [-0.15, -0.1) is 0 Å². The standard InChI is InChI=1S/C15H14Cl2O/c1-10(2)11-3-5-12(6-4-11)18-13-7-8-14(16)15(17)9-13/h3-10H,1-2H3. The molecule has 0 heterocycles. The summed E-state index contributed by atoms with van der Waals surface area (Å²) in [6.45, 7) is 4.32. The van der Waals surface area contributed by atoms with Crippen LogP contribution < -0.4 is 4.74 Å². The van der Waals surface area contributed by atoms with E-state index in [0.717, 1.165) is 5.75 Å². The van der Waals surface area contributed by atoms with Crippen molar-refractivity contribution in [3.63, 3.8) is 0 Å². The van der Waals surface area contributed by atoms with Gasteiger partial charge in [0.15, 0.2) is 0 Å². The number of ether oxygens (including phenoxy) is 1. The van der Waals surface area contributed by atoms with Crippen molar-refractivity contribution in [2.24, 2.45) is 0 Å². The van der Waals surface area contributed by atoms with E-state index < -0.39 is 0 Å². The first-order valence-electron chi connectivity index (χ1n) is 5.79. The molecule has 3 heteroatoms. The Morgan fingerprint density at radius 1 is 0.833 bits per heavy atom. The molecule has 0 bridgehead atoms. The zero-order valence-corrected chi connectivity index (χ0v) is 11.8. The minimum atomic E-state index is 0.493. The Labute approximate surface area is 117 Å². The van der Waals surface area contributed by atoms with Gasteiger partial charge in [-0.25, -0.2) is 0 Å². The molecule has 18 heavy (non-hydrogen) atoms. The Hall–Kier alpha value is -1.18. The molecule has 0 spiro atoms. The molecule has 0 unspecified atom stereocenters. The number of hydrogen-bond acceptors (Lipinski definition) is 1. The molecule has 0 saturated heterocycles. The highest BCUT2D eigenvalue weighted by Gasteiger charge is 2.03. The second kappa shape index (κ2) is 5.64. The van der Waals surface area contributed by atoms with Crippen molar-refractivity contribution >= 4 is 23.2 Å². The third kappa shape index (κ3) is 3.18. The van der Waals surface area contributed by atoms with E-state index in [1.54, 1.807) is 18.2 Å². The third-order valence-corrected chi connectivity index (χ3v) is 3.41. The predicted octanol–water partition coefficient (Wildman–Crippen LogP) is 5.91. The number of benzene rings is 2. The Kier molecular flexibility index (Phi) is 4.15. The van der Waals surface area contributed by atoms with Crippen molar-refractivity contribution in [1.82, 2.24) is 0 Å². The predicted molar refractivity (Wildman–Crippen MR) is 77.1 cm³/mol. The van der Waals surface area contributed by atoms with Crippen LogP contribution in [0, 0.1) is 0 Å². The summed E-state index contributed by atoms with van der Waals surface area (Å²) in [6.07, 6.45) is 0. The van der Waals surface area contributed by atoms with Crippen molar-refractivity contribution in [3.05, 3.63) is 58.1 Å². The van der Waals surface area contributed by atoms with Crippen LogP contribution in [-0.4, -0.2) is 0 Å². The fourth-order valence-electron chi connectivity index (χ4n) is 1.60. The van der Waals surface area contributed by atoms with Crippen LogP contribution >= 0.6 is 23.2 Å². The van der Waals surface area contributed by atoms with Crippen molar-refractivity contribution < 1.29 is 4.74 Å². The van der Waals surface area contributed by atoms with Crippen molar-refractivity contribution in [3.8, 4) is 11.5 Å². The first-order valence-corrected chi connectivity index (χ1v) is 6.54. The normalized spacial score (nSPS) is 10.7. The van der Waals surface area contributed by atoms with Gasteiger partial charge in [-0.05, 0) is 35.7 Å². The van der Waals surface area contributed by atoms with Crippen molar-refractivity contribution in [2.75, 3.05) is 0 Å². The number of hydrogen-bond donors (Lipinski definition) is 0. The van der Waals surface area contributed by atoms with Crippen LogP contribution in [0.1, 0.15) is 25.3 Å². The summed E-state index contributed by atoms with van der Waals surface area (Å²) in [5, 5.41) is 1.02. The average Bonchev–Trinajstić information content (AvgIpc) is 2.34. The van der Waals surface area contributed by atoms with Gasteiger partial charge < -0.3 is 4.74 Å². The molecular weight excluding hydrogens is 267 g/mol. The van der Waals surface area contributed by atoms with Gasteiger partial charge in [0.2, 0.25) is 0 Å². The molecule has 0 atom stereocenters. The van der Waals surface area contributed by atoms with Gasteiger partial charge in [0, 0.05) is 6.07 Å². The van der Waals surface area contributed by atoms with E-state index >= 15 is 0 Å². The Morgan fingerprint density at radius 3 is 2.00 bits per heavy atom. The van der Waals surface area contributed by atoms with Gasteiger partial charge in [-0.2, -0.15) is 0 Å². The van der Waals surface area contributed by atoms with Crippen LogP contribution in [0.25, 0.3) is 0 Å². The van der Waals surface area contributed by atoms with Crippen molar-refractivity contribution in [1.29, 1.82) is 0 Å². The molecule has 2 aromatic rings. The SMILES string of the molecule is CC(C)c1ccc(Oc2ccc(Cl)c(Cl)c2)cc1. The third-order valence-electron chi connectivity index (χ3n) is 2.67. The molecule has 0 aliphatic carbocycles. The first-order chi connectivity index (χ1) is 8.56. The maximum atomic E-state index is 5.93. The summed E-state index contributed by atoms with van der Waals surface area (Å²) in [4.78, 5) is 0. The van der Waals surface area contributed by atoms with E-state index in [-0.39, 0.29) is 0 Å². The van der Waals surface area contributed by atoms with E-state index in [9.17, 15) is 0 Å². The maximum Gasteiger partial charge on any atom is 0.129 e. The first kappa shape index (κ1) is 13.3. The van der Waals surface area contributed by atoms with Gasteiger partial charge in [-0.3, -0.25) is 0 Å². The fourth-order valence-corrected chi connectivity index (χ4v) is 1.89. The monoisotopic (exact) mass is 280 g/mol. The molecule has 0 N–H and O–H groups in total. The molecule has 1 nitrogen and oxygen atoms in total. The quantitative estimate of drug-likeness (QED) is 0.679. The second-order valence-electron chi connectivity index (χ2n) is 4.40. The van der Waals surface area contributed by atoms with Crippen LogP contribution in [0.4, 0.5) is 0 Å². The van der Waals surface area contributed by atoms with Gasteiger partial charge in [-0.1, -0.05) is 49.2 Å². The van der Waals surface area contributed by atoms with Gasteiger partial charge in [0.1, 0.15) is 11.5 Å². The van der Waals surface area contributed by atoms with Crippen molar-refractivity contribution in [2.45, 2.75) is 19.8 Å². The Balaban J connectivity index is 2.15. The zero-order chi connectivity index (χ0) is 13.1. The van der Waals surface area contributed by atoms with Crippen LogP contribution in [0.3, 0.4) is 0 Å². The Morgan fingerprint density at radius 2 is 1.44 bits per heavy atom. The van der Waals surface area contributed by atoms with Gasteiger partial charge >= 0.3 is 0 Å². The van der Waals surface area contributed by atoms with Crippen LogP contribution in [0.2, 0.25) is 10.0 Å². The lowest BCUT2D eigenvalue weighted by atomic mass is 10.0. The maximum absolute atomic E-state index is 5.93. The highest BCUT2D eigenvalue weighted by Crippen LogP contribution is 2.29. The molecular formula is C15H14Cl2O. The molecule has 0 aliphatic heterocycles. The van der Waals surface area contributed by atoms with Gasteiger partial charge in [0.05, 0.1) is 10.0 Å². The van der Waals surface area contributed by atoms with E-state index in [1.165, 1.54) is 5.56 Å². The molecule has 0 aromatic heterocycles. The smallest absolute Gasteiger partial charge is 0.129 e. The molecule has 2 rings (SSSR count). The molecule has 2 aromatic carbocycles. The summed E-state index contributed by atoms with van der Waals surface area (Å²) < 4.78 is 5.71. The van der Waals surface area contributed by atoms with Crippen LogP contribution in [0.5, 0.6) is 11.5 Å². The summed E-state index contributed by atoms with van der Waals surface area (Å²) in [7, 11) is 0. The minimum absolute atomic E-state index is 0.493. The van der Waals surface area contributed by atoms with E-state index in [0.29, 0.717) is 21.7 Å². The highest BCUT2D eigenvalue weighted by molar-refractivity contribution is 6.42. The number of halogens is 2. The second-order valence-corrected chi connectivity index (χ2v) is 5.22. The topological polar surface area (TPSA) is 9.23 Å². The highest BCUT2D eigenvalue weighted by atomic mass is 35.5. The molecule has 0 saturated carbocycles. The lowest BCUT2D eigenvalue weighted by molar-refractivity contribution is 0.482. The average molecular weight is 281 g/mol. The van der Waals surface area contributed by atoms with E-state index in [1.807, 2.05) is 12.1 Å². The Bertz CT molecular complexity index is 533. The summed E-state index contributed by atoms with van der Waals surface area (Å²) in [6, 6.07) is 13.3. The summed E-state index contributed by atoms with van der Waals surface area (Å²) >= 11 is 11.8. The molecule has 0 aliphatic rings. The fraction of sp³-hybridized carbons (Fsp3) is 0.200. The largest absolute Gasteiger partial charge is 0.457 e. The lowest BCUT2D eigenvalue weighted by Gasteiger charge is -2.09. The van der Waals surface area contributed by atoms with Crippen LogP contribution in [0.15, 0.2) is 42.5 Å². The molecule has 0 amide bonds. The summed E-state index contributed by atoms with van der Waals surface area (Å²) in [5.74, 6) is 1.99. The summed E-state index contributed by atoms with van der Waals surface area (Å²) in [5.41, 5.74) is 1.29. The number of rotatable bonds is 3. The lowest BCUT2D eigenvalue weighted by Crippen LogP contribution is -1.88. The molecule has 0 fully saturated rings. The van der Waals surface area contributed by atoms with E-state index in [4.69, 9.17) is 27.9 Å². The zero-order valence-electron chi connectivity index (χ0n) is 10.3. The minimum Gasteiger partial charge on any atom is -0.457 e. The van der Waals surface area contributed by atoms with Crippen LogP contribution in [-0.2, 0) is 0 Å². The molecule has 0 radical (unpaired) electrons. The van der Waals surface area contributed by atoms with Gasteiger partial charge in [0.25, 0.3) is 0 Å². The van der Waals surface area contributed by atoms with E-state index in [2.05, 4.69) is 26.0 Å².